The summed E-state index contributed by atoms with van der Waals surface area (Å²) >= 11 is 3.31. The smallest absolute Gasteiger partial charge is 0.339 e. The lowest BCUT2D eigenvalue weighted by atomic mass is 10.1. The van der Waals surface area contributed by atoms with Crippen LogP contribution < -0.4 is 5.32 Å². The molecule has 2 aromatic rings. The summed E-state index contributed by atoms with van der Waals surface area (Å²) in [6, 6.07) is 5.36. The number of halogens is 1. The number of hydrogen-bond donors (Lipinski definition) is 3. The lowest BCUT2D eigenvalue weighted by Crippen LogP contribution is -2.15. The monoisotopic (exact) mass is 336 g/mol. The predicted molar refractivity (Wildman–Crippen MR) is 79.3 cm³/mol. The van der Waals surface area contributed by atoms with E-state index in [4.69, 9.17) is 5.11 Å². The van der Waals surface area contributed by atoms with Gasteiger partial charge in [0.25, 0.3) is 5.91 Å². The summed E-state index contributed by atoms with van der Waals surface area (Å²) in [5.74, 6) is -1.42. The molecule has 0 bridgehead atoms. The number of anilines is 1. The summed E-state index contributed by atoms with van der Waals surface area (Å²) in [5.41, 5.74) is 2.15. The zero-order valence-corrected chi connectivity index (χ0v) is 12.5. The van der Waals surface area contributed by atoms with Crippen molar-refractivity contribution in [3.8, 4) is 0 Å². The molecular weight excluding hydrogens is 324 g/mol. The first-order valence-corrected chi connectivity index (χ1v) is 6.68. The van der Waals surface area contributed by atoms with Gasteiger partial charge in [-0.2, -0.15) is 0 Å². The van der Waals surface area contributed by atoms with Gasteiger partial charge in [0, 0.05) is 21.9 Å². The van der Waals surface area contributed by atoms with Gasteiger partial charge in [-0.3, -0.25) is 4.79 Å². The molecule has 0 atom stereocenters. The second-order valence-corrected chi connectivity index (χ2v) is 5.34. The highest BCUT2D eigenvalue weighted by Gasteiger charge is 2.18. The summed E-state index contributed by atoms with van der Waals surface area (Å²) in [4.78, 5) is 26.2. The average Bonchev–Trinajstić information content (AvgIpc) is 2.73. The SMILES string of the molecule is Cc1ccc(Br)cc1C(=O)Nc1c[nH]c(C)c1C(=O)O. The van der Waals surface area contributed by atoms with E-state index in [1.165, 1.54) is 6.20 Å². The second kappa shape index (κ2) is 5.50. The van der Waals surface area contributed by atoms with Gasteiger partial charge in [-0.1, -0.05) is 22.0 Å². The van der Waals surface area contributed by atoms with E-state index in [1.807, 2.05) is 19.1 Å². The normalized spacial score (nSPS) is 10.3. The molecule has 0 spiro atoms. The van der Waals surface area contributed by atoms with Crippen LogP contribution in [0.3, 0.4) is 0 Å². The Morgan fingerprint density at radius 3 is 2.65 bits per heavy atom. The van der Waals surface area contributed by atoms with Gasteiger partial charge < -0.3 is 15.4 Å². The number of amides is 1. The third kappa shape index (κ3) is 2.75. The molecule has 5 nitrogen and oxygen atoms in total. The molecule has 1 heterocycles. The maximum Gasteiger partial charge on any atom is 0.339 e. The molecule has 2 rings (SSSR count). The molecule has 0 fully saturated rings. The highest BCUT2D eigenvalue weighted by Crippen LogP contribution is 2.22. The molecule has 0 unspecified atom stereocenters. The van der Waals surface area contributed by atoms with E-state index in [2.05, 4.69) is 26.2 Å². The Balaban J connectivity index is 2.33. The Kier molecular flexibility index (Phi) is 3.94. The van der Waals surface area contributed by atoms with Crippen LogP contribution in [0, 0.1) is 13.8 Å². The van der Waals surface area contributed by atoms with Gasteiger partial charge in [-0.05, 0) is 31.5 Å². The largest absolute Gasteiger partial charge is 0.478 e. The van der Waals surface area contributed by atoms with Crippen LogP contribution in [0.4, 0.5) is 5.69 Å². The number of H-pyrrole nitrogens is 1. The fourth-order valence-corrected chi connectivity index (χ4v) is 2.29. The molecule has 0 aliphatic carbocycles. The third-order valence-electron chi connectivity index (χ3n) is 2.98. The van der Waals surface area contributed by atoms with E-state index in [0.717, 1.165) is 10.0 Å². The van der Waals surface area contributed by atoms with Crippen LogP contribution in [-0.4, -0.2) is 22.0 Å². The van der Waals surface area contributed by atoms with Crippen LogP contribution in [0.25, 0.3) is 0 Å². The number of carboxylic acids is 1. The maximum absolute atomic E-state index is 12.2. The highest BCUT2D eigenvalue weighted by molar-refractivity contribution is 9.10. The topological polar surface area (TPSA) is 82.2 Å². The van der Waals surface area contributed by atoms with E-state index in [0.29, 0.717) is 11.3 Å². The van der Waals surface area contributed by atoms with Gasteiger partial charge in [0.05, 0.1) is 5.69 Å². The zero-order chi connectivity index (χ0) is 14.9. The summed E-state index contributed by atoms with van der Waals surface area (Å²) in [7, 11) is 0. The summed E-state index contributed by atoms with van der Waals surface area (Å²) in [6.07, 6.45) is 1.48. The zero-order valence-electron chi connectivity index (χ0n) is 11.0. The van der Waals surface area contributed by atoms with Crippen molar-refractivity contribution in [1.29, 1.82) is 0 Å². The lowest BCUT2D eigenvalue weighted by molar-refractivity contribution is 0.0697. The number of rotatable bonds is 3. The Morgan fingerprint density at radius 1 is 1.30 bits per heavy atom. The van der Waals surface area contributed by atoms with Gasteiger partial charge in [0.2, 0.25) is 0 Å². The fourth-order valence-electron chi connectivity index (χ4n) is 1.93. The van der Waals surface area contributed by atoms with Gasteiger partial charge in [0.1, 0.15) is 5.56 Å². The standard InChI is InChI=1S/C14H13BrN2O3/c1-7-3-4-9(15)5-10(7)13(18)17-11-6-16-8(2)12(11)14(19)20/h3-6,16H,1-2H3,(H,17,18)(H,19,20). The maximum atomic E-state index is 12.2. The van der Waals surface area contributed by atoms with Crippen molar-refractivity contribution in [2.24, 2.45) is 0 Å². The molecule has 3 N–H and O–H groups in total. The number of aromatic amines is 1. The quantitative estimate of drug-likeness (QED) is 0.803. The van der Waals surface area contributed by atoms with Crippen molar-refractivity contribution >= 4 is 33.5 Å². The number of carboxylic acid groups (broad SMARTS) is 1. The van der Waals surface area contributed by atoms with Crippen LogP contribution >= 0.6 is 15.9 Å². The molecule has 1 aromatic carbocycles. The number of aromatic carboxylic acids is 1. The molecule has 0 radical (unpaired) electrons. The Bertz CT molecular complexity index is 692. The number of benzene rings is 1. The predicted octanol–water partition coefficient (Wildman–Crippen LogP) is 3.34. The first-order chi connectivity index (χ1) is 9.40. The third-order valence-corrected chi connectivity index (χ3v) is 3.48. The van der Waals surface area contributed by atoms with E-state index >= 15 is 0 Å². The number of carbonyl (C=O) groups is 2. The summed E-state index contributed by atoms with van der Waals surface area (Å²) in [5, 5.41) is 11.8. The molecule has 1 aromatic heterocycles. The molecule has 0 saturated carbocycles. The number of aryl methyl sites for hydroxylation is 2. The van der Waals surface area contributed by atoms with Crippen LogP contribution in [0.5, 0.6) is 0 Å². The van der Waals surface area contributed by atoms with Crippen LogP contribution in [0.2, 0.25) is 0 Å². The van der Waals surface area contributed by atoms with Crippen molar-refractivity contribution in [1.82, 2.24) is 4.98 Å². The van der Waals surface area contributed by atoms with Crippen molar-refractivity contribution < 1.29 is 14.7 Å². The average molecular weight is 337 g/mol. The van der Waals surface area contributed by atoms with Crippen molar-refractivity contribution in [2.75, 3.05) is 5.32 Å². The number of carbonyl (C=O) groups excluding carboxylic acids is 1. The Labute approximate surface area is 124 Å². The van der Waals surface area contributed by atoms with Crippen molar-refractivity contribution in [3.63, 3.8) is 0 Å². The molecule has 1 amide bonds. The number of aromatic nitrogens is 1. The minimum atomic E-state index is -1.08. The first-order valence-electron chi connectivity index (χ1n) is 5.89. The minimum Gasteiger partial charge on any atom is -0.478 e. The first kappa shape index (κ1) is 14.3. The van der Waals surface area contributed by atoms with E-state index in [1.54, 1.807) is 13.0 Å². The molecular formula is C14H13BrN2O3. The number of hydrogen-bond acceptors (Lipinski definition) is 2. The molecule has 6 heteroatoms. The van der Waals surface area contributed by atoms with Crippen molar-refractivity contribution in [3.05, 3.63) is 51.3 Å². The summed E-state index contributed by atoms with van der Waals surface area (Å²) < 4.78 is 0.789. The van der Waals surface area contributed by atoms with Crippen LogP contribution in [0.1, 0.15) is 32.0 Å². The Morgan fingerprint density at radius 2 is 2.00 bits per heavy atom. The molecule has 20 heavy (non-hydrogen) atoms. The van der Waals surface area contributed by atoms with Crippen LogP contribution in [0.15, 0.2) is 28.9 Å². The van der Waals surface area contributed by atoms with Crippen LogP contribution in [-0.2, 0) is 0 Å². The Hall–Kier alpha value is -2.08. The molecule has 0 aliphatic rings. The van der Waals surface area contributed by atoms with Gasteiger partial charge in [-0.15, -0.1) is 0 Å². The van der Waals surface area contributed by atoms with Crippen molar-refractivity contribution in [2.45, 2.75) is 13.8 Å². The lowest BCUT2D eigenvalue weighted by Gasteiger charge is -2.08. The molecule has 104 valence electrons. The van der Waals surface area contributed by atoms with E-state index in [-0.39, 0.29) is 17.2 Å². The summed E-state index contributed by atoms with van der Waals surface area (Å²) in [6.45, 7) is 3.46. The molecule has 0 aliphatic heterocycles. The van der Waals surface area contributed by atoms with Gasteiger partial charge in [0.15, 0.2) is 0 Å². The number of nitrogens with one attached hydrogen (secondary N) is 2. The van der Waals surface area contributed by atoms with Gasteiger partial charge >= 0.3 is 5.97 Å². The van der Waals surface area contributed by atoms with E-state index in [9.17, 15) is 9.59 Å². The molecule has 0 saturated heterocycles. The highest BCUT2D eigenvalue weighted by atomic mass is 79.9. The van der Waals surface area contributed by atoms with Gasteiger partial charge in [-0.25, -0.2) is 4.79 Å². The van der Waals surface area contributed by atoms with E-state index < -0.39 is 5.97 Å². The fraction of sp³-hybridized carbons (Fsp3) is 0.143. The second-order valence-electron chi connectivity index (χ2n) is 4.42. The minimum absolute atomic E-state index is 0.0750.